The zero-order valence-corrected chi connectivity index (χ0v) is 15.6. The smallest absolute Gasteiger partial charge is 0.387 e. The molecule has 1 amide bonds. The van der Waals surface area contributed by atoms with Crippen LogP contribution in [0.15, 0.2) is 85.3 Å². The molecule has 2 heterocycles. The first kappa shape index (κ1) is 19.3. The number of nitrogens with one attached hydrogen (secondary N) is 1. The number of aromatic nitrogens is 3. The lowest BCUT2D eigenvalue weighted by atomic mass is 10.1. The molecule has 30 heavy (non-hydrogen) atoms. The molecule has 0 atom stereocenters. The number of rotatable bonds is 6. The van der Waals surface area contributed by atoms with Crippen LogP contribution in [0, 0.1) is 0 Å². The Balaban J connectivity index is 1.69. The largest absolute Gasteiger partial charge is 0.435 e. The van der Waals surface area contributed by atoms with Gasteiger partial charge in [-0.2, -0.15) is 13.9 Å². The normalized spacial score (nSPS) is 10.8. The fourth-order valence-electron chi connectivity index (χ4n) is 2.92. The maximum Gasteiger partial charge on any atom is 0.387 e. The van der Waals surface area contributed by atoms with Gasteiger partial charge in [0.25, 0.3) is 5.91 Å². The number of pyridine rings is 1. The molecule has 8 heteroatoms. The van der Waals surface area contributed by atoms with E-state index in [0.717, 1.165) is 5.69 Å². The van der Waals surface area contributed by atoms with Gasteiger partial charge in [-0.25, -0.2) is 4.68 Å². The first-order valence-electron chi connectivity index (χ1n) is 9.02. The maximum atomic E-state index is 13.0. The second-order valence-corrected chi connectivity index (χ2v) is 6.27. The van der Waals surface area contributed by atoms with E-state index in [-0.39, 0.29) is 5.75 Å². The van der Waals surface area contributed by atoms with E-state index in [9.17, 15) is 13.6 Å². The Kier molecular flexibility index (Phi) is 5.47. The average Bonchev–Trinajstić information content (AvgIpc) is 3.21. The number of carbonyl (C=O) groups excluding carboxylic acids is 1. The first-order chi connectivity index (χ1) is 14.6. The predicted molar refractivity (Wildman–Crippen MR) is 108 cm³/mol. The standard InChI is InChI=1S/C22H16F2N4O2/c23-22(24)30-18-10-4-7-16(12-18)26-21(29)19-14-28(17-8-2-1-3-9-17)27-20(19)15-6-5-11-25-13-15/h1-14,22H,(H,26,29). The number of hydrogen-bond acceptors (Lipinski definition) is 4. The van der Waals surface area contributed by atoms with Crippen molar-refractivity contribution in [1.29, 1.82) is 0 Å². The summed E-state index contributed by atoms with van der Waals surface area (Å²) < 4.78 is 30.9. The topological polar surface area (TPSA) is 69.0 Å². The molecule has 4 aromatic rings. The van der Waals surface area contributed by atoms with Gasteiger partial charge in [-0.3, -0.25) is 9.78 Å². The molecule has 6 nitrogen and oxygen atoms in total. The van der Waals surface area contributed by atoms with Crippen molar-refractivity contribution in [3.05, 3.63) is 90.9 Å². The molecule has 0 bridgehead atoms. The van der Waals surface area contributed by atoms with Crippen LogP contribution in [-0.2, 0) is 0 Å². The third kappa shape index (κ3) is 4.33. The zero-order valence-electron chi connectivity index (χ0n) is 15.6. The van der Waals surface area contributed by atoms with Crippen LogP contribution in [0.3, 0.4) is 0 Å². The Bertz CT molecular complexity index is 1150. The third-order valence-electron chi connectivity index (χ3n) is 4.23. The molecular weight excluding hydrogens is 390 g/mol. The summed E-state index contributed by atoms with van der Waals surface area (Å²) in [5.74, 6) is -0.486. The highest BCUT2D eigenvalue weighted by Gasteiger charge is 2.19. The molecule has 0 aliphatic heterocycles. The number of ether oxygens (including phenoxy) is 1. The van der Waals surface area contributed by atoms with Crippen molar-refractivity contribution in [2.75, 3.05) is 5.32 Å². The summed E-state index contributed by atoms with van der Waals surface area (Å²) in [6.45, 7) is -2.95. The van der Waals surface area contributed by atoms with Gasteiger partial charge in [0.15, 0.2) is 0 Å². The van der Waals surface area contributed by atoms with Crippen LogP contribution in [0.2, 0.25) is 0 Å². The van der Waals surface area contributed by atoms with E-state index >= 15 is 0 Å². The molecule has 4 rings (SSSR count). The van der Waals surface area contributed by atoms with E-state index in [0.29, 0.717) is 22.5 Å². The van der Waals surface area contributed by atoms with Crippen LogP contribution in [0.25, 0.3) is 16.9 Å². The molecule has 0 saturated carbocycles. The van der Waals surface area contributed by atoms with E-state index < -0.39 is 12.5 Å². The summed E-state index contributed by atoms with van der Waals surface area (Å²) in [4.78, 5) is 17.1. The molecule has 2 aromatic carbocycles. The van der Waals surface area contributed by atoms with E-state index in [1.165, 1.54) is 18.2 Å². The van der Waals surface area contributed by atoms with Crippen LogP contribution in [0.1, 0.15) is 10.4 Å². The molecule has 0 fully saturated rings. The maximum absolute atomic E-state index is 13.0. The van der Waals surface area contributed by atoms with Crippen molar-refractivity contribution in [2.24, 2.45) is 0 Å². The number of anilines is 1. The second kappa shape index (κ2) is 8.52. The Labute approximate surface area is 170 Å². The minimum Gasteiger partial charge on any atom is -0.435 e. The summed E-state index contributed by atoms with van der Waals surface area (Å²) in [5.41, 5.74) is 2.54. The van der Waals surface area contributed by atoms with Gasteiger partial charge in [0.1, 0.15) is 11.4 Å². The molecule has 0 radical (unpaired) electrons. The van der Waals surface area contributed by atoms with Gasteiger partial charge in [0.05, 0.1) is 11.3 Å². The summed E-state index contributed by atoms with van der Waals surface area (Å²) in [6, 6.07) is 18.7. The van der Waals surface area contributed by atoms with Crippen LogP contribution in [0.5, 0.6) is 5.75 Å². The number of carbonyl (C=O) groups is 1. The zero-order chi connectivity index (χ0) is 20.9. The van der Waals surface area contributed by atoms with E-state index in [4.69, 9.17) is 0 Å². The van der Waals surface area contributed by atoms with Crippen LogP contribution in [0.4, 0.5) is 14.5 Å². The lowest BCUT2D eigenvalue weighted by Gasteiger charge is -2.08. The molecule has 0 aliphatic rings. The summed E-state index contributed by atoms with van der Waals surface area (Å²) in [6.07, 6.45) is 4.87. The van der Waals surface area contributed by atoms with Crippen LogP contribution in [-0.4, -0.2) is 27.3 Å². The van der Waals surface area contributed by atoms with E-state index in [1.807, 2.05) is 30.3 Å². The minimum absolute atomic E-state index is 0.0461. The number of amides is 1. The summed E-state index contributed by atoms with van der Waals surface area (Å²) in [7, 11) is 0. The first-order valence-corrected chi connectivity index (χ1v) is 9.02. The Hall–Kier alpha value is -4.07. The lowest BCUT2D eigenvalue weighted by Crippen LogP contribution is -2.12. The molecule has 150 valence electrons. The van der Waals surface area contributed by atoms with E-state index in [1.54, 1.807) is 41.5 Å². The number of alkyl halides is 2. The van der Waals surface area contributed by atoms with Gasteiger partial charge in [0, 0.05) is 35.9 Å². The average molecular weight is 406 g/mol. The Morgan fingerprint density at radius 2 is 1.87 bits per heavy atom. The highest BCUT2D eigenvalue weighted by molar-refractivity contribution is 6.08. The van der Waals surface area contributed by atoms with Crippen molar-refractivity contribution >= 4 is 11.6 Å². The monoisotopic (exact) mass is 406 g/mol. The van der Waals surface area contributed by atoms with Crippen LogP contribution >= 0.6 is 0 Å². The van der Waals surface area contributed by atoms with Crippen molar-refractivity contribution in [3.63, 3.8) is 0 Å². The van der Waals surface area contributed by atoms with Crippen LogP contribution < -0.4 is 10.1 Å². The number of nitrogens with zero attached hydrogens (tertiary/aromatic N) is 3. The summed E-state index contributed by atoms with van der Waals surface area (Å²) >= 11 is 0. The fourth-order valence-corrected chi connectivity index (χ4v) is 2.92. The minimum atomic E-state index is -2.95. The van der Waals surface area contributed by atoms with Gasteiger partial charge in [-0.05, 0) is 36.4 Å². The van der Waals surface area contributed by atoms with Gasteiger partial charge in [-0.1, -0.05) is 24.3 Å². The van der Waals surface area contributed by atoms with E-state index in [2.05, 4.69) is 20.1 Å². The highest BCUT2D eigenvalue weighted by atomic mass is 19.3. The number of halogens is 2. The molecule has 2 aromatic heterocycles. The fraction of sp³-hybridized carbons (Fsp3) is 0.0455. The second-order valence-electron chi connectivity index (χ2n) is 6.27. The number of hydrogen-bond donors (Lipinski definition) is 1. The molecule has 0 saturated heterocycles. The molecular formula is C22H16F2N4O2. The molecule has 0 aliphatic carbocycles. The predicted octanol–water partition coefficient (Wildman–Crippen LogP) is 4.79. The highest BCUT2D eigenvalue weighted by Crippen LogP contribution is 2.25. The quantitative estimate of drug-likeness (QED) is 0.500. The molecule has 0 unspecified atom stereocenters. The molecule has 0 spiro atoms. The van der Waals surface area contributed by atoms with Crippen molar-refractivity contribution < 1.29 is 18.3 Å². The number of benzene rings is 2. The van der Waals surface area contributed by atoms with Gasteiger partial charge in [0.2, 0.25) is 0 Å². The SMILES string of the molecule is O=C(Nc1cccc(OC(F)F)c1)c1cn(-c2ccccc2)nc1-c1cccnc1. The van der Waals surface area contributed by atoms with Gasteiger partial charge in [-0.15, -0.1) is 0 Å². The van der Waals surface area contributed by atoms with Crippen molar-refractivity contribution in [3.8, 4) is 22.7 Å². The summed E-state index contributed by atoms with van der Waals surface area (Å²) in [5, 5.41) is 7.27. The van der Waals surface area contributed by atoms with Gasteiger partial charge < -0.3 is 10.1 Å². The Morgan fingerprint density at radius 1 is 1.03 bits per heavy atom. The Morgan fingerprint density at radius 3 is 2.60 bits per heavy atom. The number of para-hydroxylation sites is 1. The lowest BCUT2D eigenvalue weighted by molar-refractivity contribution is -0.0497. The molecule has 1 N–H and O–H groups in total. The van der Waals surface area contributed by atoms with Gasteiger partial charge >= 0.3 is 6.61 Å². The van der Waals surface area contributed by atoms with Crippen molar-refractivity contribution in [2.45, 2.75) is 6.61 Å². The third-order valence-corrected chi connectivity index (χ3v) is 4.23. The van der Waals surface area contributed by atoms with Crippen molar-refractivity contribution in [1.82, 2.24) is 14.8 Å².